The number of nitrogen functional groups attached to an aromatic ring is 2. The van der Waals surface area contributed by atoms with Gasteiger partial charge in [-0.15, -0.1) is 0 Å². The van der Waals surface area contributed by atoms with Crippen LogP contribution in [-0.2, 0) is 0 Å². The molecule has 4 N–H and O–H groups in total. The molecule has 2 atom stereocenters. The summed E-state index contributed by atoms with van der Waals surface area (Å²) >= 11 is 0. The number of nitrogens with two attached hydrogens (primary N) is 2. The van der Waals surface area contributed by atoms with E-state index in [2.05, 4.69) is 6.92 Å². The van der Waals surface area contributed by atoms with Gasteiger partial charge in [-0.1, -0.05) is 58.3 Å². The molecule has 1 fully saturated rings. The number of hydrogen-bond donors (Lipinski definition) is 2. The third-order valence-corrected chi connectivity index (χ3v) is 4.95. The van der Waals surface area contributed by atoms with Gasteiger partial charge in [-0.3, -0.25) is 0 Å². The van der Waals surface area contributed by atoms with Gasteiger partial charge in [0.05, 0.1) is 6.10 Å². The summed E-state index contributed by atoms with van der Waals surface area (Å²) in [6.45, 7) is 2.27. The number of hydrogen-bond acceptors (Lipinski definition) is 3. The summed E-state index contributed by atoms with van der Waals surface area (Å²) in [5.74, 6) is 1.66. The maximum Gasteiger partial charge on any atom is 0.123 e. The van der Waals surface area contributed by atoms with Crippen molar-refractivity contribution in [3.05, 3.63) is 18.2 Å². The monoisotopic (exact) mass is 318 g/mol. The summed E-state index contributed by atoms with van der Waals surface area (Å²) in [7, 11) is 0. The first kappa shape index (κ1) is 18.0. The average molecular weight is 319 g/mol. The Morgan fingerprint density at radius 2 is 1.65 bits per heavy atom. The van der Waals surface area contributed by atoms with Gasteiger partial charge in [0.2, 0.25) is 0 Å². The first-order chi connectivity index (χ1) is 11.2. The van der Waals surface area contributed by atoms with E-state index in [-0.39, 0.29) is 0 Å². The van der Waals surface area contributed by atoms with E-state index in [1.807, 2.05) is 12.1 Å². The van der Waals surface area contributed by atoms with Crippen molar-refractivity contribution < 1.29 is 4.74 Å². The molecule has 3 heteroatoms. The third kappa shape index (κ3) is 6.72. The topological polar surface area (TPSA) is 61.3 Å². The van der Waals surface area contributed by atoms with Crippen LogP contribution >= 0.6 is 0 Å². The molecule has 0 radical (unpaired) electrons. The minimum Gasteiger partial charge on any atom is -0.490 e. The van der Waals surface area contributed by atoms with Gasteiger partial charge in [0.15, 0.2) is 0 Å². The lowest BCUT2D eigenvalue weighted by molar-refractivity contribution is 0.119. The highest BCUT2D eigenvalue weighted by atomic mass is 16.5. The zero-order valence-corrected chi connectivity index (χ0v) is 14.7. The zero-order chi connectivity index (χ0) is 16.5. The number of rotatable bonds is 9. The quantitative estimate of drug-likeness (QED) is 0.464. The van der Waals surface area contributed by atoms with Crippen LogP contribution in [0.3, 0.4) is 0 Å². The van der Waals surface area contributed by atoms with Crippen LogP contribution in [-0.4, -0.2) is 6.10 Å². The molecule has 1 saturated carbocycles. The predicted molar refractivity (Wildman–Crippen MR) is 99.6 cm³/mol. The van der Waals surface area contributed by atoms with Crippen LogP contribution < -0.4 is 16.2 Å². The van der Waals surface area contributed by atoms with Gasteiger partial charge in [-0.25, -0.2) is 0 Å². The van der Waals surface area contributed by atoms with Crippen LogP contribution in [0.2, 0.25) is 0 Å². The smallest absolute Gasteiger partial charge is 0.123 e. The Labute approximate surface area is 141 Å². The molecule has 23 heavy (non-hydrogen) atoms. The first-order valence-corrected chi connectivity index (χ1v) is 9.50. The fraction of sp³-hybridized carbons (Fsp3) is 0.700. The molecule has 2 unspecified atom stereocenters. The molecule has 1 aromatic rings. The molecule has 2 rings (SSSR count). The van der Waals surface area contributed by atoms with Crippen LogP contribution in [0.25, 0.3) is 0 Å². The van der Waals surface area contributed by atoms with E-state index < -0.39 is 0 Å². The van der Waals surface area contributed by atoms with E-state index in [4.69, 9.17) is 16.2 Å². The van der Waals surface area contributed by atoms with E-state index in [1.54, 1.807) is 6.07 Å². The molecule has 0 amide bonds. The normalized spacial score (nSPS) is 21.3. The second kappa shape index (κ2) is 9.69. The molecule has 1 aliphatic carbocycles. The lowest BCUT2D eigenvalue weighted by atomic mass is 9.83. The van der Waals surface area contributed by atoms with Crippen molar-refractivity contribution in [1.29, 1.82) is 0 Å². The highest BCUT2D eigenvalue weighted by molar-refractivity contribution is 5.56. The van der Waals surface area contributed by atoms with E-state index in [1.165, 1.54) is 64.2 Å². The molecule has 0 spiro atoms. The van der Waals surface area contributed by atoms with E-state index in [9.17, 15) is 0 Å². The standard InChI is InChI=1S/C20H34N2O/c1-2-3-4-5-6-7-9-16-10-8-11-19(12-16)23-20-14-17(21)13-18(22)15-20/h13-16,19H,2-12,21-22H2,1H3. The molecule has 3 nitrogen and oxygen atoms in total. The van der Waals surface area contributed by atoms with Crippen LogP contribution in [0.15, 0.2) is 18.2 Å². The van der Waals surface area contributed by atoms with Crippen molar-refractivity contribution in [2.75, 3.05) is 11.5 Å². The van der Waals surface area contributed by atoms with Gasteiger partial charge < -0.3 is 16.2 Å². The molecule has 0 bridgehead atoms. The average Bonchev–Trinajstić information content (AvgIpc) is 2.50. The van der Waals surface area contributed by atoms with E-state index in [0.29, 0.717) is 17.5 Å². The highest BCUT2D eigenvalue weighted by Crippen LogP contribution is 2.32. The van der Waals surface area contributed by atoms with Gasteiger partial charge in [-0.05, 0) is 31.2 Å². The number of ether oxygens (including phenoxy) is 1. The first-order valence-electron chi connectivity index (χ1n) is 9.50. The Kier molecular flexibility index (Phi) is 7.57. The second-order valence-corrected chi connectivity index (χ2v) is 7.16. The Balaban J connectivity index is 1.70. The molecule has 130 valence electrons. The maximum atomic E-state index is 6.15. The zero-order valence-electron chi connectivity index (χ0n) is 14.7. The summed E-state index contributed by atoms with van der Waals surface area (Å²) in [6, 6.07) is 5.54. The van der Waals surface area contributed by atoms with Crippen LogP contribution in [0, 0.1) is 5.92 Å². The van der Waals surface area contributed by atoms with Gasteiger partial charge in [0, 0.05) is 23.5 Å². The van der Waals surface area contributed by atoms with E-state index >= 15 is 0 Å². The Morgan fingerprint density at radius 1 is 0.957 bits per heavy atom. The number of benzene rings is 1. The van der Waals surface area contributed by atoms with Crippen molar-refractivity contribution in [3.63, 3.8) is 0 Å². The summed E-state index contributed by atoms with van der Waals surface area (Å²) < 4.78 is 6.15. The molecular formula is C20H34N2O. The number of unbranched alkanes of at least 4 members (excludes halogenated alkanes) is 5. The summed E-state index contributed by atoms with van der Waals surface area (Å²) in [5, 5.41) is 0. The van der Waals surface area contributed by atoms with Gasteiger partial charge in [-0.2, -0.15) is 0 Å². The van der Waals surface area contributed by atoms with Crippen molar-refractivity contribution >= 4 is 11.4 Å². The fourth-order valence-corrected chi connectivity index (χ4v) is 3.73. The molecule has 1 aromatic carbocycles. The van der Waals surface area contributed by atoms with Crippen LogP contribution in [0.4, 0.5) is 11.4 Å². The Bertz CT molecular complexity index is 441. The Hall–Kier alpha value is -1.38. The second-order valence-electron chi connectivity index (χ2n) is 7.16. The van der Waals surface area contributed by atoms with Crippen molar-refractivity contribution in [1.82, 2.24) is 0 Å². The summed E-state index contributed by atoms with van der Waals surface area (Å²) in [6.07, 6.45) is 15.0. The summed E-state index contributed by atoms with van der Waals surface area (Å²) in [4.78, 5) is 0. The molecule has 0 aliphatic heterocycles. The lowest BCUT2D eigenvalue weighted by Crippen LogP contribution is -2.25. The Morgan fingerprint density at radius 3 is 2.39 bits per heavy atom. The van der Waals surface area contributed by atoms with Gasteiger partial charge in [0.25, 0.3) is 0 Å². The highest BCUT2D eigenvalue weighted by Gasteiger charge is 2.23. The minimum absolute atomic E-state index is 0.329. The SMILES string of the molecule is CCCCCCCCC1CCCC(Oc2cc(N)cc(N)c2)C1. The van der Waals surface area contributed by atoms with E-state index in [0.717, 1.165) is 18.1 Å². The van der Waals surface area contributed by atoms with Gasteiger partial charge >= 0.3 is 0 Å². The third-order valence-electron chi connectivity index (χ3n) is 4.95. The van der Waals surface area contributed by atoms with Crippen LogP contribution in [0.1, 0.15) is 77.6 Å². The van der Waals surface area contributed by atoms with Crippen molar-refractivity contribution in [3.8, 4) is 5.75 Å². The maximum absolute atomic E-state index is 6.15. The molecule has 0 heterocycles. The fourth-order valence-electron chi connectivity index (χ4n) is 3.73. The minimum atomic E-state index is 0.329. The summed E-state index contributed by atoms with van der Waals surface area (Å²) in [5.41, 5.74) is 13.1. The van der Waals surface area contributed by atoms with Crippen molar-refractivity contribution in [2.24, 2.45) is 5.92 Å². The van der Waals surface area contributed by atoms with Crippen molar-refractivity contribution in [2.45, 2.75) is 83.7 Å². The molecule has 0 saturated heterocycles. The predicted octanol–water partition coefficient (Wildman–Crippen LogP) is 5.54. The van der Waals surface area contributed by atoms with Crippen LogP contribution in [0.5, 0.6) is 5.75 Å². The number of anilines is 2. The van der Waals surface area contributed by atoms with Gasteiger partial charge in [0.1, 0.15) is 5.75 Å². The lowest BCUT2D eigenvalue weighted by Gasteiger charge is -2.30. The molecule has 1 aliphatic rings. The largest absolute Gasteiger partial charge is 0.490 e. The molecular weight excluding hydrogens is 284 g/mol. The molecule has 0 aromatic heterocycles.